The minimum absolute atomic E-state index is 0.00478. The van der Waals surface area contributed by atoms with Crippen molar-refractivity contribution in [2.24, 2.45) is 0 Å². The second-order valence-corrected chi connectivity index (χ2v) is 21.5. The Labute approximate surface area is 354 Å². The van der Waals surface area contributed by atoms with Crippen molar-refractivity contribution >= 4 is 68.6 Å². The zero-order valence-electron chi connectivity index (χ0n) is 37.2. The van der Waals surface area contributed by atoms with E-state index in [4.69, 9.17) is 0 Å². The molecule has 1 saturated carbocycles. The monoisotopic (exact) mass is 773 g/mol. The van der Waals surface area contributed by atoms with Gasteiger partial charge in [0.15, 0.2) is 0 Å². The molecule has 0 amide bonds. The molecule has 0 N–H and O–H groups in total. The van der Waals surface area contributed by atoms with Gasteiger partial charge in [-0.05, 0) is 129 Å². The van der Waals surface area contributed by atoms with Crippen LogP contribution in [0.2, 0.25) is 0 Å². The van der Waals surface area contributed by atoms with Crippen LogP contribution in [-0.2, 0) is 21.7 Å². The summed E-state index contributed by atoms with van der Waals surface area (Å²) in [5, 5.41) is 0. The van der Waals surface area contributed by atoms with Gasteiger partial charge in [-0.3, -0.25) is 0 Å². The average molecular weight is 774 g/mol. The Morgan fingerprint density at radius 2 is 0.983 bits per heavy atom. The van der Waals surface area contributed by atoms with Crippen LogP contribution in [0.1, 0.15) is 118 Å². The van der Waals surface area contributed by atoms with Crippen molar-refractivity contribution in [3.05, 3.63) is 150 Å². The topological polar surface area (TPSA) is 9.72 Å². The van der Waals surface area contributed by atoms with Crippen LogP contribution < -0.4 is 31.1 Å². The molecule has 0 bridgehead atoms. The molecule has 1 aliphatic carbocycles. The third kappa shape index (κ3) is 5.54. The van der Waals surface area contributed by atoms with Crippen molar-refractivity contribution < 1.29 is 0 Å². The van der Waals surface area contributed by atoms with Crippen LogP contribution in [0.5, 0.6) is 0 Å². The van der Waals surface area contributed by atoms with Crippen LogP contribution in [0.15, 0.2) is 127 Å². The summed E-state index contributed by atoms with van der Waals surface area (Å²) in [6, 6.07) is 49.5. The first-order valence-corrected chi connectivity index (χ1v) is 22.0. The van der Waals surface area contributed by atoms with Gasteiger partial charge >= 0.3 is 0 Å². The summed E-state index contributed by atoms with van der Waals surface area (Å²) >= 11 is 0. The molecular weight excluding hydrogens is 713 g/mol. The van der Waals surface area contributed by atoms with Crippen molar-refractivity contribution in [3.63, 3.8) is 0 Å². The first-order valence-electron chi connectivity index (χ1n) is 22.0. The Morgan fingerprint density at radius 3 is 1.61 bits per heavy atom. The Hall–Kier alpha value is -5.22. The van der Waals surface area contributed by atoms with Crippen molar-refractivity contribution in [1.29, 1.82) is 0 Å². The Kier molecular flexibility index (Phi) is 8.15. The standard InChI is InChI=1S/C55H60BN3/c1-51(2,3)36-22-26-40(27-23-36)58-47-29-25-38(53(7,8)9)33-44(47)56-43-20-15-16-21-46(43)57(39-18-13-12-14-19-39)48-34-41(35-49(58)50(48)56)59-45-28-24-37(52(4,5)6)32-42(45)54(10)30-17-31-55(54,59)11/h12-16,18-29,32-35H,17,30-31H2,1-11H3. The molecule has 2 atom stereocenters. The third-order valence-corrected chi connectivity index (χ3v) is 14.8. The third-order valence-electron chi connectivity index (χ3n) is 14.8. The Balaban J connectivity index is 1.31. The maximum Gasteiger partial charge on any atom is 0.252 e. The Morgan fingerprint density at radius 1 is 0.458 bits per heavy atom. The molecule has 3 aliphatic heterocycles. The molecule has 1 fully saturated rings. The highest BCUT2D eigenvalue weighted by Gasteiger charge is 2.60. The molecule has 4 aliphatic rings. The highest BCUT2D eigenvalue weighted by atomic mass is 15.3. The summed E-state index contributed by atoms with van der Waals surface area (Å²) in [6.45, 7) is 26.2. The quantitative estimate of drug-likeness (QED) is 0.166. The van der Waals surface area contributed by atoms with Gasteiger partial charge in [-0.25, -0.2) is 0 Å². The molecule has 0 saturated heterocycles. The second-order valence-electron chi connectivity index (χ2n) is 21.5. The van der Waals surface area contributed by atoms with Crippen LogP contribution in [0.25, 0.3) is 0 Å². The van der Waals surface area contributed by atoms with E-state index < -0.39 is 0 Å². The summed E-state index contributed by atoms with van der Waals surface area (Å²) in [7, 11) is 0. The van der Waals surface area contributed by atoms with E-state index in [1.165, 1.54) is 97.0 Å². The number of anilines is 8. The molecule has 0 radical (unpaired) electrons. The van der Waals surface area contributed by atoms with Gasteiger partial charge in [0.2, 0.25) is 0 Å². The van der Waals surface area contributed by atoms with E-state index in [-0.39, 0.29) is 33.9 Å². The normalized spacial score (nSPS) is 20.6. The molecule has 6 aromatic rings. The maximum absolute atomic E-state index is 2.77. The number of hydrogen-bond acceptors (Lipinski definition) is 3. The van der Waals surface area contributed by atoms with E-state index in [1.54, 1.807) is 0 Å². The minimum atomic E-state index is -0.0796. The average Bonchev–Trinajstić information content (AvgIpc) is 3.60. The lowest BCUT2D eigenvalue weighted by atomic mass is 9.33. The van der Waals surface area contributed by atoms with E-state index in [0.717, 1.165) is 6.42 Å². The van der Waals surface area contributed by atoms with E-state index >= 15 is 0 Å². The number of nitrogens with zero attached hydrogens (tertiary/aromatic N) is 3. The molecule has 10 rings (SSSR count). The molecule has 4 heteroatoms. The van der Waals surface area contributed by atoms with Gasteiger partial charge in [-0.1, -0.05) is 148 Å². The number of hydrogen-bond donors (Lipinski definition) is 0. The first kappa shape index (κ1) is 38.0. The van der Waals surface area contributed by atoms with Gasteiger partial charge in [0, 0.05) is 50.9 Å². The number of benzene rings is 6. The molecule has 0 spiro atoms. The summed E-state index contributed by atoms with van der Waals surface area (Å²) in [4.78, 5) is 7.93. The SMILES string of the molecule is CC(C)(C)c1ccc(N2c3ccc(C(C)(C)C)cc3B3c4ccccc4N(c4ccccc4)c4cc(N5c6ccc(C(C)(C)C)cc6C6(C)CCCC56C)cc2c43)cc1. The fraction of sp³-hybridized carbons (Fsp3) is 0.345. The van der Waals surface area contributed by atoms with E-state index in [1.807, 2.05) is 0 Å². The molecular formula is C55H60BN3. The predicted molar refractivity (Wildman–Crippen MR) is 255 cm³/mol. The van der Waals surface area contributed by atoms with Crippen LogP contribution >= 0.6 is 0 Å². The van der Waals surface area contributed by atoms with Gasteiger partial charge in [0.1, 0.15) is 0 Å². The van der Waals surface area contributed by atoms with Crippen molar-refractivity contribution in [2.75, 3.05) is 14.7 Å². The fourth-order valence-electron chi connectivity index (χ4n) is 11.2. The fourth-order valence-corrected chi connectivity index (χ4v) is 11.2. The molecule has 3 heterocycles. The summed E-state index contributed by atoms with van der Waals surface area (Å²) in [5.74, 6) is 0. The van der Waals surface area contributed by atoms with Gasteiger partial charge in [-0.2, -0.15) is 0 Å². The highest BCUT2D eigenvalue weighted by molar-refractivity contribution is 7.00. The number of rotatable bonds is 3. The largest absolute Gasteiger partial charge is 0.334 e. The maximum atomic E-state index is 2.77. The summed E-state index contributed by atoms with van der Waals surface area (Å²) in [5.41, 5.74) is 19.9. The minimum Gasteiger partial charge on any atom is -0.334 e. The first-order chi connectivity index (χ1) is 27.9. The van der Waals surface area contributed by atoms with Gasteiger partial charge < -0.3 is 14.7 Å². The second kappa shape index (κ2) is 12.6. The predicted octanol–water partition coefficient (Wildman–Crippen LogP) is 13.0. The van der Waals surface area contributed by atoms with Crippen LogP contribution in [0.3, 0.4) is 0 Å². The van der Waals surface area contributed by atoms with E-state index in [9.17, 15) is 0 Å². The molecule has 3 nitrogen and oxygen atoms in total. The zero-order chi connectivity index (χ0) is 41.4. The van der Waals surface area contributed by atoms with Crippen LogP contribution in [0.4, 0.5) is 45.5 Å². The van der Waals surface area contributed by atoms with E-state index in [2.05, 4.69) is 218 Å². The summed E-state index contributed by atoms with van der Waals surface area (Å²) in [6.07, 6.45) is 3.57. The lowest BCUT2D eigenvalue weighted by Gasteiger charge is -2.47. The van der Waals surface area contributed by atoms with Crippen molar-refractivity contribution in [2.45, 2.75) is 123 Å². The molecule has 298 valence electrons. The van der Waals surface area contributed by atoms with Crippen molar-refractivity contribution in [1.82, 2.24) is 0 Å². The molecule has 2 unspecified atom stereocenters. The van der Waals surface area contributed by atoms with Gasteiger partial charge in [0.05, 0.1) is 5.54 Å². The Bertz CT molecular complexity index is 2640. The van der Waals surface area contributed by atoms with Crippen LogP contribution in [0, 0.1) is 0 Å². The lowest BCUT2D eigenvalue weighted by molar-refractivity contribution is 0.330. The lowest BCUT2D eigenvalue weighted by Crippen LogP contribution is -2.61. The van der Waals surface area contributed by atoms with Gasteiger partial charge in [-0.15, -0.1) is 0 Å². The number of fused-ring (bicyclic) bond motifs is 7. The zero-order valence-corrected chi connectivity index (χ0v) is 37.2. The van der Waals surface area contributed by atoms with Crippen LogP contribution in [-0.4, -0.2) is 12.3 Å². The van der Waals surface area contributed by atoms with Gasteiger partial charge in [0.25, 0.3) is 6.71 Å². The highest BCUT2D eigenvalue weighted by Crippen LogP contribution is 2.63. The molecule has 59 heavy (non-hydrogen) atoms. The van der Waals surface area contributed by atoms with E-state index in [0.29, 0.717) is 0 Å². The van der Waals surface area contributed by atoms with Crippen molar-refractivity contribution in [3.8, 4) is 0 Å². The smallest absolute Gasteiger partial charge is 0.252 e. The number of para-hydroxylation sites is 2. The summed E-state index contributed by atoms with van der Waals surface area (Å²) < 4.78 is 0. The molecule has 0 aromatic heterocycles. The molecule has 6 aromatic carbocycles.